The summed E-state index contributed by atoms with van der Waals surface area (Å²) >= 11 is 0. The second kappa shape index (κ2) is 5.57. The molecule has 0 saturated carbocycles. The van der Waals surface area contributed by atoms with Gasteiger partial charge in [0.25, 0.3) is 11.6 Å². The van der Waals surface area contributed by atoms with Crippen molar-refractivity contribution < 1.29 is 14.8 Å². The van der Waals surface area contributed by atoms with Crippen LogP contribution in [0.4, 0.5) is 5.69 Å². The third kappa shape index (κ3) is 3.45. The number of phenolic OH excluding ortho intramolecular Hbond substituents is 1. The fraction of sp³-hybridized carbons (Fsp3) is 0.385. The summed E-state index contributed by atoms with van der Waals surface area (Å²) in [5, 5.41) is 31.8. The van der Waals surface area contributed by atoms with Gasteiger partial charge in [-0.05, 0) is 11.5 Å². The number of nitro groups is 1. The number of carbonyl (C=O) groups excluding carboxylic acids is 1. The van der Waals surface area contributed by atoms with Gasteiger partial charge in [-0.3, -0.25) is 14.9 Å². The van der Waals surface area contributed by atoms with Gasteiger partial charge in [0.2, 0.25) is 0 Å². The molecule has 7 nitrogen and oxygen atoms in total. The molecule has 0 aromatic heterocycles. The molecule has 20 heavy (non-hydrogen) atoms. The number of phenols is 1. The van der Waals surface area contributed by atoms with Crippen LogP contribution < -0.4 is 5.32 Å². The highest BCUT2D eigenvalue weighted by molar-refractivity contribution is 5.97. The molecule has 1 amide bonds. The van der Waals surface area contributed by atoms with Crippen molar-refractivity contribution in [2.45, 2.75) is 26.8 Å². The number of aromatic hydroxyl groups is 1. The van der Waals surface area contributed by atoms with Gasteiger partial charge in [0.15, 0.2) is 0 Å². The maximum atomic E-state index is 12.0. The molecule has 0 aliphatic carbocycles. The summed E-state index contributed by atoms with van der Waals surface area (Å²) in [6.07, 6.45) is 0. The summed E-state index contributed by atoms with van der Waals surface area (Å²) < 4.78 is 0. The maximum absolute atomic E-state index is 12.0. The number of nitriles is 1. The van der Waals surface area contributed by atoms with E-state index in [1.807, 2.05) is 6.07 Å². The van der Waals surface area contributed by atoms with Gasteiger partial charge in [0.1, 0.15) is 11.8 Å². The van der Waals surface area contributed by atoms with Crippen molar-refractivity contribution in [2.24, 2.45) is 5.41 Å². The Balaban J connectivity index is 3.07. The molecule has 1 rings (SSSR count). The predicted molar refractivity (Wildman–Crippen MR) is 71.1 cm³/mol. The van der Waals surface area contributed by atoms with E-state index in [0.29, 0.717) is 0 Å². The second-order valence-electron chi connectivity index (χ2n) is 5.36. The number of carbonyl (C=O) groups is 1. The number of benzene rings is 1. The van der Waals surface area contributed by atoms with Crippen molar-refractivity contribution in [1.82, 2.24) is 5.32 Å². The zero-order chi connectivity index (χ0) is 15.5. The molecule has 7 heteroatoms. The molecule has 2 N–H and O–H groups in total. The fourth-order valence-corrected chi connectivity index (χ4v) is 1.47. The first-order chi connectivity index (χ1) is 9.16. The van der Waals surface area contributed by atoms with Crippen LogP contribution >= 0.6 is 0 Å². The van der Waals surface area contributed by atoms with Crippen LogP contribution in [-0.4, -0.2) is 22.0 Å². The normalized spacial score (nSPS) is 12.3. The van der Waals surface area contributed by atoms with E-state index in [4.69, 9.17) is 5.26 Å². The predicted octanol–water partition coefficient (Wildman–Crippen LogP) is 1.97. The van der Waals surface area contributed by atoms with E-state index in [2.05, 4.69) is 5.32 Å². The molecule has 106 valence electrons. The maximum Gasteiger partial charge on any atom is 0.270 e. The van der Waals surface area contributed by atoms with E-state index in [1.54, 1.807) is 20.8 Å². The van der Waals surface area contributed by atoms with E-state index >= 15 is 0 Å². The third-order valence-electron chi connectivity index (χ3n) is 2.71. The lowest BCUT2D eigenvalue weighted by atomic mass is 9.87. The highest BCUT2D eigenvalue weighted by atomic mass is 16.6. The molecule has 0 spiro atoms. The quantitative estimate of drug-likeness (QED) is 0.647. The van der Waals surface area contributed by atoms with E-state index in [-0.39, 0.29) is 17.0 Å². The number of amides is 1. The Bertz CT molecular complexity index is 584. The minimum atomic E-state index is -0.784. The lowest BCUT2D eigenvalue weighted by Crippen LogP contribution is -2.42. The zero-order valence-corrected chi connectivity index (χ0v) is 11.4. The SMILES string of the molecule is CC(C)(C)[C@H](C#N)NC(=O)c1cc([N+](=O)[O-])ccc1O. The summed E-state index contributed by atoms with van der Waals surface area (Å²) in [7, 11) is 0. The smallest absolute Gasteiger partial charge is 0.270 e. The molecular weight excluding hydrogens is 262 g/mol. The number of non-ortho nitro benzene ring substituents is 1. The van der Waals surface area contributed by atoms with Crippen molar-refractivity contribution >= 4 is 11.6 Å². The molecule has 1 aromatic rings. The lowest BCUT2D eigenvalue weighted by molar-refractivity contribution is -0.384. The first-order valence-corrected chi connectivity index (χ1v) is 5.84. The minimum Gasteiger partial charge on any atom is -0.507 e. The molecule has 1 atom stereocenters. The average molecular weight is 277 g/mol. The molecule has 0 fully saturated rings. The van der Waals surface area contributed by atoms with Crippen molar-refractivity contribution in [1.29, 1.82) is 5.26 Å². The molecular formula is C13H15N3O4. The summed E-state index contributed by atoms with van der Waals surface area (Å²) in [4.78, 5) is 22.0. The van der Waals surface area contributed by atoms with Crippen molar-refractivity contribution in [3.8, 4) is 11.8 Å². The van der Waals surface area contributed by atoms with Crippen molar-refractivity contribution in [3.05, 3.63) is 33.9 Å². The van der Waals surface area contributed by atoms with E-state index < -0.39 is 22.3 Å². The molecule has 0 radical (unpaired) electrons. The molecule has 0 heterocycles. The Kier molecular flexibility index (Phi) is 4.30. The monoisotopic (exact) mass is 277 g/mol. The number of nitrogens with one attached hydrogen (secondary N) is 1. The summed E-state index contributed by atoms with van der Waals surface area (Å²) in [5.41, 5.74) is -1.04. The first-order valence-electron chi connectivity index (χ1n) is 5.84. The van der Waals surface area contributed by atoms with Gasteiger partial charge < -0.3 is 10.4 Å². The van der Waals surface area contributed by atoms with Crippen LogP contribution in [0.15, 0.2) is 18.2 Å². The molecule has 0 unspecified atom stereocenters. The number of hydrogen-bond donors (Lipinski definition) is 2. The van der Waals surface area contributed by atoms with Crippen LogP contribution in [0.5, 0.6) is 5.75 Å². The summed E-state index contributed by atoms with van der Waals surface area (Å²) in [6.45, 7) is 5.32. The highest BCUT2D eigenvalue weighted by Crippen LogP contribution is 2.24. The first kappa shape index (κ1) is 15.4. The van der Waals surface area contributed by atoms with Crippen LogP contribution in [0.25, 0.3) is 0 Å². The van der Waals surface area contributed by atoms with Crippen LogP contribution in [0, 0.1) is 26.9 Å². The molecule has 0 aliphatic heterocycles. The average Bonchev–Trinajstić information content (AvgIpc) is 2.34. The Morgan fingerprint density at radius 1 is 1.50 bits per heavy atom. The van der Waals surface area contributed by atoms with Crippen LogP contribution in [0.1, 0.15) is 31.1 Å². The van der Waals surface area contributed by atoms with Gasteiger partial charge in [-0.15, -0.1) is 0 Å². The van der Waals surface area contributed by atoms with Crippen LogP contribution in [0.3, 0.4) is 0 Å². The molecule has 1 aromatic carbocycles. The number of nitrogens with zero attached hydrogens (tertiary/aromatic N) is 2. The Hall–Kier alpha value is -2.62. The fourth-order valence-electron chi connectivity index (χ4n) is 1.47. The number of nitro benzene ring substituents is 1. The Morgan fingerprint density at radius 2 is 2.10 bits per heavy atom. The van der Waals surface area contributed by atoms with Crippen molar-refractivity contribution in [2.75, 3.05) is 0 Å². The van der Waals surface area contributed by atoms with Crippen molar-refractivity contribution in [3.63, 3.8) is 0 Å². The topological polar surface area (TPSA) is 116 Å². The minimum absolute atomic E-state index is 0.233. The Labute approximate surface area is 116 Å². The van der Waals surface area contributed by atoms with Gasteiger partial charge in [0, 0.05) is 12.1 Å². The number of hydrogen-bond acceptors (Lipinski definition) is 5. The highest BCUT2D eigenvalue weighted by Gasteiger charge is 2.27. The van der Waals surface area contributed by atoms with E-state index in [1.165, 1.54) is 0 Å². The summed E-state index contributed by atoms with van der Waals surface area (Å²) in [6, 6.07) is 4.31. The van der Waals surface area contributed by atoms with Crippen LogP contribution in [-0.2, 0) is 0 Å². The molecule has 0 saturated heterocycles. The second-order valence-corrected chi connectivity index (χ2v) is 5.36. The standard InChI is InChI=1S/C13H15N3O4/c1-13(2,3)11(7-14)15-12(18)9-6-8(16(19)20)4-5-10(9)17/h4-6,11,17H,1-3H3,(H,15,18)/t11-/m0/s1. The largest absolute Gasteiger partial charge is 0.507 e. The van der Waals surface area contributed by atoms with E-state index in [0.717, 1.165) is 18.2 Å². The number of rotatable bonds is 3. The zero-order valence-electron chi connectivity index (χ0n) is 11.4. The summed E-state index contributed by atoms with van der Waals surface area (Å²) in [5.74, 6) is -1.11. The van der Waals surface area contributed by atoms with Gasteiger partial charge >= 0.3 is 0 Å². The van der Waals surface area contributed by atoms with E-state index in [9.17, 15) is 20.0 Å². The van der Waals surface area contributed by atoms with Gasteiger partial charge in [-0.25, -0.2) is 0 Å². The van der Waals surface area contributed by atoms with Crippen LogP contribution in [0.2, 0.25) is 0 Å². The lowest BCUT2D eigenvalue weighted by Gasteiger charge is -2.25. The van der Waals surface area contributed by atoms with Gasteiger partial charge in [-0.2, -0.15) is 5.26 Å². The third-order valence-corrected chi connectivity index (χ3v) is 2.71. The molecule has 0 aliphatic rings. The van der Waals surface area contributed by atoms with Gasteiger partial charge in [-0.1, -0.05) is 20.8 Å². The molecule has 0 bridgehead atoms. The van der Waals surface area contributed by atoms with Gasteiger partial charge in [0.05, 0.1) is 16.6 Å². The Morgan fingerprint density at radius 3 is 2.55 bits per heavy atom.